The number of likely N-dealkylation sites (tertiary alicyclic amines) is 1. The molecule has 2 heterocycles. The van der Waals surface area contributed by atoms with E-state index in [1.165, 1.54) is 0 Å². The van der Waals surface area contributed by atoms with E-state index < -0.39 is 30.8 Å². The van der Waals surface area contributed by atoms with Gasteiger partial charge in [-0.25, -0.2) is 4.98 Å². The predicted molar refractivity (Wildman–Crippen MR) is 78.0 cm³/mol. The van der Waals surface area contributed by atoms with Gasteiger partial charge in [-0.15, -0.1) is 0 Å². The molecule has 1 aromatic heterocycles. The lowest BCUT2D eigenvalue weighted by molar-refractivity contribution is -0.172. The largest absolute Gasteiger partial charge is 0.476 e. The van der Waals surface area contributed by atoms with Crippen molar-refractivity contribution in [2.75, 3.05) is 19.7 Å². The molecule has 25 heavy (non-hydrogen) atoms. The Labute approximate surface area is 141 Å². The molecule has 2 aliphatic carbocycles. The van der Waals surface area contributed by atoms with Gasteiger partial charge >= 0.3 is 11.8 Å². The quantitative estimate of drug-likeness (QED) is 0.759. The van der Waals surface area contributed by atoms with E-state index in [0.717, 1.165) is 31.9 Å². The van der Waals surface area contributed by atoms with E-state index in [0.29, 0.717) is 23.1 Å². The lowest BCUT2D eigenvalue weighted by Crippen LogP contribution is -2.38. The van der Waals surface area contributed by atoms with Crippen LogP contribution in [0.5, 0.6) is 5.88 Å². The molecule has 5 nitrogen and oxygen atoms in total. The highest BCUT2D eigenvalue weighted by Gasteiger charge is 2.64. The maximum Gasteiger partial charge on any atom is 0.329 e. The number of halogens is 4. The monoisotopic (exact) mass is 359 g/mol. The molecule has 9 heteroatoms. The molecule has 0 N–H and O–H groups in total. The van der Waals surface area contributed by atoms with Gasteiger partial charge in [-0.3, -0.25) is 9.78 Å². The Morgan fingerprint density at radius 3 is 2.36 bits per heavy atom. The Morgan fingerprint density at radius 2 is 1.80 bits per heavy atom. The van der Waals surface area contributed by atoms with Crippen LogP contribution >= 0.6 is 0 Å². The third-order valence-electron chi connectivity index (χ3n) is 4.70. The second kappa shape index (κ2) is 5.54. The van der Waals surface area contributed by atoms with Crippen molar-refractivity contribution < 1.29 is 27.1 Å². The topological polar surface area (TPSA) is 55.3 Å². The van der Waals surface area contributed by atoms with Crippen LogP contribution in [0.25, 0.3) is 0 Å². The van der Waals surface area contributed by atoms with Gasteiger partial charge in [-0.2, -0.15) is 17.6 Å². The molecule has 0 bridgehead atoms. The molecule has 2 saturated carbocycles. The van der Waals surface area contributed by atoms with Gasteiger partial charge in [0.15, 0.2) is 5.69 Å². The second-order valence-electron chi connectivity index (χ2n) is 7.04. The summed E-state index contributed by atoms with van der Waals surface area (Å²) in [7, 11) is 0. The zero-order valence-electron chi connectivity index (χ0n) is 13.4. The SMILES string of the molecule is O=C(c1cnc(C2CC2)c(OCC2CC2)n1)N1CC(F)(F)C(F)(F)C1. The molecule has 3 fully saturated rings. The molecule has 1 aromatic rings. The molecular weight excluding hydrogens is 342 g/mol. The molecule has 1 saturated heterocycles. The molecule has 3 aliphatic rings. The average molecular weight is 359 g/mol. The Bertz CT molecular complexity index is 689. The summed E-state index contributed by atoms with van der Waals surface area (Å²) in [6.07, 6.45) is 5.21. The first kappa shape index (κ1) is 16.5. The number of aromatic nitrogens is 2. The minimum Gasteiger partial charge on any atom is -0.476 e. The molecule has 1 aliphatic heterocycles. The van der Waals surface area contributed by atoms with E-state index >= 15 is 0 Å². The Kier molecular flexibility index (Phi) is 3.66. The van der Waals surface area contributed by atoms with Crippen LogP contribution < -0.4 is 4.74 Å². The van der Waals surface area contributed by atoms with E-state index in [2.05, 4.69) is 9.97 Å². The predicted octanol–water partition coefficient (Wildman–Crippen LogP) is 2.87. The Hall–Kier alpha value is -1.93. The number of rotatable bonds is 5. The van der Waals surface area contributed by atoms with E-state index in [1.807, 2.05) is 0 Å². The minimum absolute atomic E-state index is 0.220. The van der Waals surface area contributed by atoms with Crippen molar-refractivity contribution in [3.05, 3.63) is 17.6 Å². The molecule has 0 unspecified atom stereocenters. The van der Waals surface area contributed by atoms with Crippen molar-refractivity contribution >= 4 is 5.91 Å². The summed E-state index contributed by atoms with van der Waals surface area (Å²) in [5.41, 5.74) is 0.401. The maximum atomic E-state index is 13.3. The Balaban J connectivity index is 1.55. The van der Waals surface area contributed by atoms with Gasteiger partial charge in [0.1, 0.15) is 5.69 Å². The standard InChI is InChI=1S/C16H17F4N3O2/c17-15(18)7-23(8-16(15,19)20)14(24)11-5-21-12(10-3-4-10)13(22-11)25-6-9-1-2-9/h5,9-10H,1-4,6-8H2. The van der Waals surface area contributed by atoms with Crippen molar-refractivity contribution in [2.45, 2.75) is 43.4 Å². The van der Waals surface area contributed by atoms with Gasteiger partial charge in [0.25, 0.3) is 5.91 Å². The van der Waals surface area contributed by atoms with E-state index in [9.17, 15) is 22.4 Å². The van der Waals surface area contributed by atoms with Crippen LogP contribution in [0.1, 0.15) is 47.8 Å². The lowest BCUT2D eigenvalue weighted by Gasteiger charge is -2.15. The van der Waals surface area contributed by atoms with Crippen LogP contribution in [0.3, 0.4) is 0 Å². The highest BCUT2D eigenvalue weighted by atomic mass is 19.3. The van der Waals surface area contributed by atoms with E-state index in [-0.39, 0.29) is 17.5 Å². The number of carbonyl (C=O) groups is 1. The molecule has 0 atom stereocenters. The number of hydrogen-bond acceptors (Lipinski definition) is 4. The maximum absolute atomic E-state index is 13.3. The summed E-state index contributed by atoms with van der Waals surface area (Å²) in [4.78, 5) is 21.0. The van der Waals surface area contributed by atoms with Crippen molar-refractivity contribution in [3.8, 4) is 5.88 Å². The highest BCUT2D eigenvalue weighted by molar-refractivity contribution is 5.92. The van der Waals surface area contributed by atoms with Gasteiger partial charge in [-0.1, -0.05) is 0 Å². The first-order valence-corrected chi connectivity index (χ1v) is 8.31. The van der Waals surface area contributed by atoms with E-state index in [4.69, 9.17) is 4.74 Å². The van der Waals surface area contributed by atoms with Crippen molar-refractivity contribution in [1.29, 1.82) is 0 Å². The summed E-state index contributed by atoms with van der Waals surface area (Å²) in [6, 6.07) is 0. The molecule has 1 amide bonds. The highest BCUT2D eigenvalue weighted by Crippen LogP contribution is 2.44. The van der Waals surface area contributed by atoms with Crippen LogP contribution in [-0.4, -0.2) is 52.3 Å². The fourth-order valence-corrected chi connectivity index (χ4v) is 2.78. The van der Waals surface area contributed by atoms with Crippen LogP contribution in [0.4, 0.5) is 17.6 Å². The molecule has 0 spiro atoms. The first-order valence-electron chi connectivity index (χ1n) is 8.31. The van der Waals surface area contributed by atoms with Crippen LogP contribution in [-0.2, 0) is 0 Å². The van der Waals surface area contributed by atoms with E-state index in [1.54, 1.807) is 0 Å². The normalized spacial score (nSPS) is 24.4. The average Bonchev–Trinajstić information content (AvgIpc) is 3.44. The van der Waals surface area contributed by atoms with Crippen LogP contribution in [0.2, 0.25) is 0 Å². The van der Waals surface area contributed by atoms with Gasteiger partial charge < -0.3 is 9.64 Å². The van der Waals surface area contributed by atoms with Crippen LogP contribution in [0, 0.1) is 5.92 Å². The summed E-state index contributed by atoms with van der Waals surface area (Å²) in [5, 5.41) is 0. The molecule has 136 valence electrons. The fourth-order valence-electron chi connectivity index (χ4n) is 2.78. The zero-order valence-corrected chi connectivity index (χ0v) is 13.4. The number of ether oxygens (including phenoxy) is 1. The lowest BCUT2D eigenvalue weighted by atomic mass is 10.2. The van der Waals surface area contributed by atoms with Crippen molar-refractivity contribution in [1.82, 2.24) is 14.9 Å². The number of amides is 1. The molecular formula is C16H17F4N3O2. The first-order chi connectivity index (χ1) is 11.8. The smallest absolute Gasteiger partial charge is 0.329 e. The second-order valence-corrected chi connectivity index (χ2v) is 7.04. The number of carbonyl (C=O) groups excluding carboxylic acids is 1. The van der Waals surface area contributed by atoms with Crippen molar-refractivity contribution in [2.24, 2.45) is 5.92 Å². The van der Waals surface area contributed by atoms with Gasteiger partial charge in [0.2, 0.25) is 5.88 Å². The van der Waals surface area contributed by atoms with Gasteiger partial charge in [-0.05, 0) is 31.6 Å². The number of alkyl halides is 4. The molecule has 4 rings (SSSR count). The summed E-state index contributed by atoms with van der Waals surface area (Å²) in [5.74, 6) is -8.55. The minimum atomic E-state index is -4.24. The van der Waals surface area contributed by atoms with Gasteiger partial charge in [0, 0.05) is 5.92 Å². The zero-order chi connectivity index (χ0) is 17.8. The third-order valence-corrected chi connectivity index (χ3v) is 4.70. The third kappa shape index (κ3) is 3.16. The molecule has 0 aromatic carbocycles. The summed E-state index contributed by atoms with van der Waals surface area (Å²) in [6.45, 7) is -2.20. The summed E-state index contributed by atoms with van der Waals surface area (Å²) < 4.78 is 58.9. The summed E-state index contributed by atoms with van der Waals surface area (Å²) >= 11 is 0. The number of hydrogen-bond donors (Lipinski definition) is 0. The number of nitrogens with zero attached hydrogens (tertiary/aromatic N) is 3. The Morgan fingerprint density at radius 1 is 1.16 bits per heavy atom. The fraction of sp³-hybridized carbons (Fsp3) is 0.688. The van der Waals surface area contributed by atoms with Gasteiger partial charge in [0.05, 0.1) is 25.9 Å². The van der Waals surface area contributed by atoms with Crippen molar-refractivity contribution in [3.63, 3.8) is 0 Å². The van der Waals surface area contributed by atoms with Crippen LogP contribution in [0.15, 0.2) is 6.20 Å². The molecule has 0 radical (unpaired) electrons.